The highest BCUT2D eigenvalue weighted by atomic mass is 32.2. The van der Waals surface area contributed by atoms with Gasteiger partial charge in [-0.2, -0.15) is 0 Å². The van der Waals surface area contributed by atoms with Gasteiger partial charge in [-0.1, -0.05) is 6.07 Å². The zero-order chi connectivity index (χ0) is 14.8. The summed E-state index contributed by atoms with van der Waals surface area (Å²) in [5, 5.41) is 2.93. The standard InChI is InChI=1S/C14H13F2NO2S/c1-20(18,19)14-4-2-3-13(8-14)17-9-10-5-11(15)7-12(16)6-10/h2-8,17H,9H2,1H3. The van der Waals surface area contributed by atoms with E-state index in [1.54, 1.807) is 12.1 Å². The molecule has 20 heavy (non-hydrogen) atoms. The van der Waals surface area contributed by atoms with Gasteiger partial charge < -0.3 is 5.32 Å². The maximum atomic E-state index is 13.0. The Morgan fingerprint density at radius 1 is 1.05 bits per heavy atom. The van der Waals surface area contributed by atoms with Gasteiger partial charge in [0.25, 0.3) is 0 Å². The molecule has 3 nitrogen and oxygen atoms in total. The number of rotatable bonds is 4. The van der Waals surface area contributed by atoms with Crippen LogP contribution in [0.3, 0.4) is 0 Å². The molecule has 2 aromatic carbocycles. The van der Waals surface area contributed by atoms with Crippen LogP contribution in [-0.4, -0.2) is 14.7 Å². The van der Waals surface area contributed by atoms with Crippen LogP contribution < -0.4 is 5.32 Å². The van der Waals surface area contributed by atoms with E-state index in [0.29, 0.717) is 11.3 Å². The van der Waals surface area contributed by atoms with Crippen molar-refractivity contribution in [3.63, 3.8) is 0 Å². The number of anilines is 1. The van der Waals surface area contributed by atoms with Gasteiger partial charge in [-0.05, 0) is 35.9 Å². The largest absolute Gasteiger partial charge is 0.381 e. The Kier molecular flexibility index (Phi) is 4.04. The molecule has 6 heteroatoms. The minimum Gasteiger partial charge on any atom is -0.381 e. The highest BCUT2D eigenvalue weighted by Gasteiger charge is 2.07. The second-order valence-electron chi connectivity index (χ2n) is 4.43. The van der Waals surface area contributed by atoms with Crippen molar-refractivity contribution in [3.8, 4) is 0 Å². The number of hydrogen-bond donors (Lipinski definition) is 1. The van der Waals surface area contributed by atoms with E-state index in [-0.39, 0.29) is 11.4 Å². The molecule has 106 valence electrons. The summed E-state index contributed by atoms with van der Waals surface area (Å²) in [6.07, 6.45) is 1.12. The zero-order valence-corrected chi connectivity index (χ0v) is 11.5. The van der Waals surface area contributed by atoms with E-state index in [4.69, 9.17) is 0 Å². The van der Waals surface area contributed by atoms with E-state index in [9.17, 15) is 17.2 Å². The SMILES string of the molecule is CS(=O)(=O)c1cccc(NCc2cc(F)cc(F)c2)c1. The van der Waals surface area contributed by atoms with Crippen molar-refractivity contribution in [2.24, 2.45) is 0 Å². The summed E-state index contributed by atoms with van der Waals surface area (Å²) in [6, 6.07) is 9.49. The molecule has 0 aliphatic carbocycles. The van der Waals surface area contributed by atoms with E-state index in [1.807, 2.05) is 0 Å². The van der Waals surface area contributed by atoms with E-state index >= 15 is 0 Å². The first kappa shape index (κ1) is 14.5. The van der Waals surface area contributed by atoms with Crippen molar-refractivity contribution in [1.82, 2.24) is 0 Å². The van der Waals surface area contributed by atoms with Gasteiger partial charge in [0, 0.05) is 24.6 Å². The summed E-state index contributed by atoms with van der Waals surface area (Å²) in [4.78, 5) is 0.188. The molecule has 0 aliphatic heterocycles. The number of sulfone groups is 1. The summed E-state index contributed by atoms with van der Waals surface area (Å²) in [7, 11) is -3.28. The lowest BCUT2D eigenvalue weighted by Gasteiger charge is -2.08. The van der Waals surface area contributed by atoms with Gasteiger partial charge in [0.15, 0.2) is 9.84 Å². The van der Waals surface area contributed by atoms with Crippen LogP contribution in [0.4, 0.5) is 14.5 Å². The van der Waals surface area contributed by atoms with Crippen molar-refractivity contribution in [2.45, 2.75) is 11.4 Å². The fourth-order valence-corrected chi connectivity index (χ4v) is 2.42. The molecular formula is C14H13F2NO2S. The lowest BCUT2D eigenvalue weighted by molar-refractivity contribution is 0.580. The number of hydrogen-bond acceptors (Lipinski definition) is 3. The lowest BCUT2D eigenvalue weighted by atomic mass is 10.2. The van der Waals surface area contributed by atoms with Crippen molar-refractivity contribution in [3.05, 3.63) is 59.7 Å². The molecule has 0 fully saturated rings. The topological polar surface area (TPSA) is 46.2 Å². The predicted octanol–water partition coefficient (Wildman–Crippen LogP) is 2.98. The van der Waals surface area contributed by atoms with Gasteiger partial charge in [-0.25, -0.2) is 17.2 Å². The molecule has 2 aromatic rings. The van der Waals surface area contributed by atoms with Gasteiger partial charge in [-0.15, -0.1) is 0 Å². The molecule has 0 aromatic heterocycles. The van der Waals surface area contributed by atoms with Crippen LogP contribution in [0.15, 0.2) is 47.4 Å². The Labute approximate surface area is 116 Å². The Morgan fingerprint density at radius 2 is 1.70 bits per heavy atom. The third-order valence-corrected chi connectivity index (χ3v) is 3.79. The van der Waals surface area contributed by atoms with Crippen LogP contribution in [0.2, 0.25) is 0 Å². The van der Waals surface area contributed by atoms with Crippen LogP contribution >= 0.6 is 0 Å². The van der Waals surface area contributed by atoms with Crippen molar-refractivity contribution in [1.29, 1.82) is 0 Å². The van der Waals surface area contributed by atoms with Crippen molar-refractivity contribution >= 4 is 15.5 Å². The van der Waals surface area contributed by atoms with Gasteiger partial charge in [0.2, 0.25) is 0 Å². The molecule has 0 aliphatic rings. The van der Waals surface area contributed by atoms with Crippen LogP contribution in [0, 0.1) is 11.6 Å². The smallest absolute Gasteiger partial charge is 0.175 e. The Hall–Kier alpha value is -1.95. The number of nitrogens with one attached hydrogen (secondary N) is 1. The maximum absolute atomic E-state index is 13.0. The molecule has 2 rings (SSSR count). The third-order valence-electron chi connectivity index (χ3n) is 2.68. The first-order valence-corrected chi connectivity index (χ1v) is 7.73. The summed E-state index contributed by atoms with van der Waals surface area (Å²) >= 11 is 0. The van der Waals surface area contributed by atoms with Crippen molar-refractivity contribution < 1.29 is 17.2 Å². The number of halogens is 2. The zero-order valence-electron chi connectivity index (χ0n) is 10.7. The van der Waals surface area contributed by atoms with E-state index in [1.165, 1.54) is 24.3 Å². The molecule has 1 N–H and O–H groups in total. The average Bonchev–Trinajstić information content (AvgIpc) is 2.35. The van der Waals surface area contributed by atoms with Gasteiger partial charge >= 0.3 is 0 Å². The van der Waals surface area contributed by atoms with Crippen LogP contribution in [-0.2, 0) is 16.4 Å². The molecule has 0 atom stereocenters. The maximum Gasteiger partial charge on any atom is 0.175 e. The quantitative estimate of drug-likeness (QED) is 0.943. The lowest BCUT2D eigenvalue weighted by Crippen LogP contribution is -2.02. The second-order valence-corrected chi connectivity index (χ2v) is 6.45. The second kappa shape index (κ2) is 5.58. The monoisotopic (exact) mass is 297 g/mol. The van der Waals surface area contributed by atoms with E-state index < -0.39 is 21.5 Å². The summed E-state index contributed by atoms with van der Waals surface area (Å²) < 4.78 is 48.9. The Bertz CT molecular complexity index is 709. The molecule has 0 amide bonds. The molecule has 0 bridgehead atoms. The molecule has 0 saturated carbocycles. The minimum absolute atomic E-state index is 0.188. The van der Waals surface area contributed by atoms with E-state index in [2.05, 4.69) is 5.32 Å². The minimum atomic E-state index is -3.28. The fraction of sp³-hybridized carbons (Fsp3) is 0.143. The predicted molar refractivity (Wildman–Crippen MR) is 73.2 cm³/mol. The van der Waals surface area contributed by atoms with E-state index in [0.717, 1.165) is 12.3 Å². The highest BCUT2D eigenvalue weighted by molar-refractivity contribution is 7.90. The Balaban J connectivity index is 2.15. The van der Waals surface area contributed by atoms with Gasteiger partial charge in [-0.3, -0.25) is 0 Å². The molecule has 0 radical (unpaired) electrons. The van der Waals surface area contributed by atoms with Crippen LogP contribution in [0.5, 0.6) is 0 Å². The fourth-order valence-electron chi connectivity index (χ4n) is 1.75. The number of benzene rings is 2. The molecule has 0 saturated heterocycles. The third kappa shape index (κ3) is 3.77. The van der Waals surface area contributed by atoms with Crippen molar-refractivity contribution in [2.75, 3.05) is 11.6 Å². The highest BCUT2D eigenvalue weighted by Crippen LogP contribution is 2.16. The van der Waals surface area contributed by atoms with Gasteiger partial charge in [0.05, 0.1) is 4.90 Å². The normalized spacial score (nSPS) is 11.3. The van der Waals surface area contributed by atoms with Crippen LogP contribution in [0.25, 0.3) is 0 Å². The first-order valence-electron chi connectivity index (χ1n) is 5.83. The molecular weight excluding hydrogens is 284 g/mol. The van der Waals surface area contributed by atoms with Crippen LogP contribution in [0.1, 0.15) is 5.56 Å². The van der Waals surface area contributed by atoms with Gasteiger partial charge in [0.1, 0.15) is 11.6 Å². The molecule has 0 heterocycles. The first-order chi connectivity index (χ1) is 9.34. The summed E-state index contributed by atoms with van der Waals surface area (Å²) in [5.74, 6) is -1.29. The Morgan fingerprint density at radius 3 is 2.30 bits per heavy atom. The average molecular weight is 297 g/mol. The molecule has 0 unspecified atom stereocenters. The molecule has 0 spiro atoms. The summed E-state index contributed by atoms with van der Waals surface area (Å²) in [5.41, 5.74) is 1.00. The summed E-state index contributed by atoms with van der Waals surface area (Å²) in [6.45, 7) is 0.196.